The molecule has 0 spiro atoms. The number of halogens is 1. The predicted molar refractivity (Wildman–Crippen MR) is 96.4 cm³/mol. The molecule has 2 aromatic rings. The van der Waals surface area contributed by atoms with E-state index in [2.05, 4.69) is 10.6 Å². The number of benzene rings is 2. The summed E-state index contributed by atoms with van der Waals surface area (Å²) in [5.74, 6) is 0.372. The predicted octanol–water partition coefficient (Wildman–Crippen LogP) is 3.19. The molecule has 136 valence electrons. The van der Waals surface area contributed by atoms with E-state index in [9.17, 15) is 14.0 Å². The highest BCUT2D eigenvalue weighted by molar-refractivity contribution is 5.94. The lowest BCUT2D eigenvalue weighted by molar-refractivity contribution is -0.121. The van der Waals surface area contributed by atoms with E-state index in [0.717, 1.165) is 22.6 Å². The maximum absolute atomic E-state index is 13.1. The number of carbonyl (C=O) groups is 2. The first-order valence-corrected chi connectivity index (χ1v) is 8.67. The highest BCUT2D eigenvalue weighted by Crippen LogP contribution is 2.26. The van der Waals surface area contributed by atoms with E-state index in [-0.39, 0.29) is 17.6 Å². The van der Waals surface area contributed by atoms with E-state index in [1.807, 2.05) is 18.2 Å². The minimum atomic E-state index is -0.310. The second-order valence-electron chi connectivity index (χ2n) is 6.23. The number of ether oxygens (including phenoxy) is 1. The molecule has 2 amide bonds. The van der Waals surface area contributed by atoms with Gasteiger partial charge >= 0.3 is 0 Å². The molecule has 0 fully saturated rings. The molecule has 1 aliphatic heterocycles. The summed E-state index contributed by atoms with van der Waals surface area (Å²) >= 11 is 0. The van der Waals surface area contributed by atoms with E-state index in [1.165, 1.54) is 12.1 Å². The van der Waals surface area contributed by atoms with Crippen LogP contribution in [0.1, 0.15) is 30.4 Å². The summed E-state index contributed by atoms with van der Waals surface area (Å²) in [4.78, 5) is 23.2. The van der Waals surface area contributed by atoms with Gasteiger partial charge < -0.3 is 15.4 Å². The molecule has 0 aliphatic carbocycles. The Labute approximate surface area is 151 Å². The molecule has 0 bridgehead atoms. The molecule has 0 atom stereocenters. The SMILES string of the molecule is O=C(CCCOc1ccc2c(c1)CCC(=O)N2)NCc1cccc(F)c1. The Balaban J connectivity index is 1.37. The number of hydrogen-bond donors (Lipinski definition) is 2. The molecule has 0 aromatic heterocycles. The van der Waals surface area contributed by atoms with E-state index < -0.39 is 0 Å². The highest BCUT2D eigenvalue weighted by atomic mass is 19.1. The summed E-state index contributed by atoms with van der Waals surface area (Å²) in [5, 5.41) is 5.60. The summed E-state index contributed by atoms with van der Waals surface area (Å²) in [6, 6.07) is 11.7. The Morgan fingerprint density at radius 3 is 2.92 bits per heavy atom. The normalized spacial score (nSPS) is 12.9. The lowest BCUT2D eigenvalue weighted by Gasteiger charge is -2.17. The molecule has 1 aliphatic rings. The third-order valence-corrected chi connectivity index (χ3v) is 4.17. The fourth-order valence-electron chi connectivity index (χ4n) is 2.81. The molecular weight excluding hydrogens is 335 g/mol. The average Bonchev–Trinajstić information content (AvgIpc) is 2.63. The quantitative estimate of drug-likeness (QED) is 0.749. The first kappa shape index (κ1) is 17.9. The molecule has 0 saturated carbocycles. The van der Waals surface area contributed by atoms with Gasteiger partial charge in [0.1, 0.15) is 11.6 Å². The first-order chi connectivity index (χ1) is 12.6. The Morgan fingerprint density at radius 1 is 1.19 bits per heavy atom. The van der Waals surface area contributed by atoms with Gasteiger partial charge in [0.15, 0.2) is 0 Å². The number of carbonyl (C=O) groups excluding carboxylic acids is 2. The van der Waals surface area contributed by atoms with Gasteiger partial charge in [0.2, 0.25) is 11.8 Å². The number of aryl methyl sites for hydroxylation is 1. The maximum Gasteiger partial charge on any atom is 0.224 e. The number of nitrogens with one attached hydrogen (secondary N) is 2. The second-order valence-corrected chi connectivity index (χ2v) is 6.23. The van der Waals surface area contributed by atoms with Gasteiger partial charge in [-0.2, -0.15) is 0 Å². The molecule has 1 heterocycles. The summed E-state index contributed by atoms with van der Waals surface area (Å²) in [5.41, 5.74) is 2.64. The van der Waals surface area contributed by atoms with E-state index in [0.29, 0.717) is 38.8 Å². The van der Waals surface area contributed by atoms with Gasteiger partial charge in [0.05, 0.1) is 6.61 Å². The van der Waals surface area contributed by atoms with Gasteiger partial charge in [0.25, 0.3) is 0 Å². The van der Waals surface area contributed by atoms with Crippen LogP contribution in [0, 0.1) is 5.82 Å². The van der Waals surface area contributed by atoms with Crippen LogP contribution in [0.15, 0.2) is 42.5 Å². The largest absolute Gasteiger partial charge is 0.494 e. The van der Waals surface area contributed by atoms with E-state index >= 15 is 0 Å². The molecule has 0 saturated heterocycles. The van der Waals surface area contributed by atoms with Crippen LogP contribution >= 0.6 is 0 Å². The van der Waals surface area contributed by atoms with Crippen molar-refractivity contribution in [1.29, 1.82) is 0 Å². The number of fused-ring (bicyclic) bond motifs is 1. The van der Waals surface area contributed by atoms with E-state index in [1.54, 1.807) is 12.1 Å². The molecule has 0 radical (unpaired) electrons. The maximum atomic E-state index is 13.1. The topological polar surface area (TPSA) is 67.4 Å². The lowest BCUT2D eigenvalue weighted by Crippen LogP contribution is -2.23. The zero-order chi connectivity index (χ0) is 18.4. The van der Waals surface area contributed by atoms with Gasteiger partial charge in [-0.05, 0) is 54.3 Å². The smallest absolute Gasteiger partial charge is 0.224 e. The van der Waals surface area contributed by atoms with Crippen LogP contribution < -0.4 is 15.4 Å². The second kappa shape index (κ2) is 8.47. The third kappa shape index (κ3) is 5.05. The number of anilines is 1. The summed E-state index contributed by atoms with van der Waals surface area (Å²) in [6.45, 7) is 0.743. The number of amides is 2. The lowest BCUT2D eigenvalue weighted by atomic mass is 10.0. The van der Waals surface area contributed by atoms with Crippen LogP contribution in [-0.2, 0) is 22.6 Å². The molecule has 3 rings (SSSR count). The van der Waals surface area contributed by atoms with Gasteiger partial charge in [-0.25, -0.2) is 4.39 Å². The summed E-state index contributed by atoms with van der Waals surface area (Å²) in [6.07, 6.45) is 2.13. The Hall–Kier alpha value is -2.89. The number of hydrogen-bond acceptors (Lipinski definition) is 3. The van der Waals surface area contributed by atoms with Crippen molar-refractivity contribution in [3.63, 3.8) is 0 Å². The van der Waals surface area contributed by atoms with E-state index in [4.69, 9.17) is 4.74 Å². The van der Waals surface area contributed by atoms with Crippen molar-refractivity contribution in [2.24, 2.45) is 0 Å². The van der Waals surface area contributed by atoms with Crippen molar-refractivity contribution in [1.82, 2.24) is 5.32 Å². The van der Waals surface area contributed by atoms with Gasteiger partial charge in [-0.15, -0.1) is 0 Å². The summed E-state index contributed by atoms with van der Waals surface area (Å²) < 4.78 is 18.8. The van der Waals surface area contributed by atoms with Crippen LogP contribution in [-0.4, -0.2) is 18.4 Å². The monoisotopic (exact) mass is 356 g/mol. The van der Waals surface area contributed by atoms with Crippen molar-refractivity contribution in [3.8, 4) is 5.75 Å². The zero-order valence-corrected chi connectivity index (χ0v) is 14.4. The standard InChI is InChI=1S/C20H21FN2O3/c21-16-4-1-3-14(11-16)13-22-19(24)5-2-10-26-17-7-8-18-15(12-17)6-9-20(25)23-18/h1,3-4,7-8,11-12H,2,5-6,9-10,13H2,(H,22,24)(H,23,25). The molecule has 26 heavy (non-hydrogen) atoms. The summed E-state index contributed by atoms with van der Waals surface area (Å²) in [7, 11) is 0. The third-order valence-electron chi connectivity index (χ3n) is 4.17. The van der Waals surface area contributed by atoms with Crippen molar-refractivity contribution in [2.75, 3.05) is 11.9 Å². The van der Waals surface area contributed by atoms with Crippen LogP contribution in [0.5, 0.6) is 5.75 Å². The Morgan fingerprint density at radius 2 is 2.08 bits per heavy atom. The molecule has 5 nitrogen and oxygen atoms in total. The molecule has 2 N–H and O–H groups in total. The Bertz CT molecular complexity index is 807. The van der Waals surface area contributed by atoms with Gasteiger partial charge in [-0.1, -0.05) is 12.1 Å². The van der Waals surface area contributed by atoms with Crippen molar-refractivity contribution >= 4 is 17.5 Å². The molecule has 2 aromatic carbocycles. The zero-order valence-electron chi connectivity index (χ0n) is 14.4. The minimum Gasteiger partial charge on any atom is -0.494 e. The fraction of sp³-hybridized carbons (Fsp3) is 0.300. The van der Waals surface area contributed by atoms with Crippen molar-refractivity contribution < 1.29 is 18.7 Å². The Kier molecular flexibility index (Phi) is 5.84. The van der Waals surface area contributed by atoms with Crippen molar-refractivity contribution in [3.05, 3.63) is 59.4 Å². The number of rotatable bonds is 7. The molecule has 6 heteroatoms. The van der Waals surface area contributed by atoms with Gasteiger partial charge in [-0.3, -0.25) is 9.59 Å². The average molecular weight is 356 g/mol. The fourth-order valence-corrected chi connectivity index (χ4v) is 2.81. The van der Waals surface area contributed by atoms with Crippen LogP contribution in [0.3, 0.4) is 0 Å². The van der Waals surface area contributed by atoms with Crippen LogP contribution in [0.2, 0.25) is 0 Å². The molecular formula is C20H21FN2O3. The molecule has 0 unspecified atom stereocenters. The highest BCUT2D eigenvalue weighted by Gasteiger charge is 2.15. The van der Waals surface area contributed by atoms with Crippen molar-refractivity contribution in [2.45, 2.75) is 32.2 Å². The van der Waals surface area contributed by atoms with Crippen LogP contribution in [0.25, 0.3) is 0 Å². The minimum absolute atomic E-state index is 0.0374. The van der Waals surface area contributed by atoms with Gasteiger partial charge in [0, 0.05) is 25.1 Å². The first-order valence-electron chi connectivity index (χ1n) is 8.67. The van der Waals surface area contributed by atoms with Crippen LogP contribution in [0.4, 0.5) is 10.1 Å².